The Kier molecular flexibility index (Phi) is 3.24. The smallest absolute Gasteiger partial charge is 0.229 e. The van der Waals surface area contributed by atoms with E-state index in [2.05, 4.69) is 27.2 Å². The third kappa shape index (κ3) is 3.10. The Bertz CT molecular complexity index is 253. The first-order valence-corrected chi connectivity index (χ1v) is 4.02. The first-order valence-electron chi connectivity index (χ1n) is 4.02. The van der Waals surface area contributed by atoms with Gasteiger partial charge in [0.25, 0.3) is 0 Å². The van der Waals surface area contributed by atoms with Crippen molar-refractivity contribution in [3.8, 4) is 0 Å². The molecule has 13 heavy (non-hydrogen) atoms. The lowest BCUT2D eigenvalue weighted by Crippen LogP contribution is -2.10. The molecule has 0 aliphatic carbocycles. The molecular weight excluding hydrogens is 168 g/mol. The van der Waals surface area contributed by atoms with Gasteiger partial charge in [-0.2, -0.15) is 15.0 Å². The quantitative estimate of drug-likeness (QED) is 0.568. The number of anilines is 3. The van der Waals surface area contributed by atoms with E-state index in [1.165, 1.54) is 0 Å². The van der Waals surface area contributed by atoms with E-state index in [-0.39, 0.29) is 11.9 Å². The van der Waals surface area contributed by atoms with E-state index in [9.17, 15) is 0 Å². The number of aromatic nitrogens is 3. The lowest BCUT2D eigenvalue weighted by Gasteiger charge is -2.03. The molecule has 1 rings (SSSR count). The number of nitrogens with zero attached hydrogens (tertiary/aromatic N) is 3. The lowest BCUT2D eigenvalue weighted by molar-refractivity contribution is 0.872. The highest BCUT2D eigenvalue weighted by Gasteiger charge is 1.99. The van der Waals surface area contributed by atoms with Crippen molar-refractivity contribution < 1.29 is 0 Å². The van der Waals surface area contributed by atoms with Crippen LogP contribution < -0.4 is 16.8 Å². The molecule has 0 amide bonds. The van der Waals surface area contributed by atoms with Crippen LogP contribution in [0, 0.1) is 6.92 Å². The fourth-order valence-corrected chi connectivity index (χ4v) is 0.814. The molecule has 0 saturated carbocycles. The molecule has 0 unspecified atom stereocenters. The molecule has 1 aromatic heterocycles. The average Bonchev–Trinajstić information content (AvgIpc) is 2.03. The first kappa shape index (κ1) is 9.50. The Morgan fingerprint density at radius 1 is 1.15 bits per heavy atom. The molecule has 0 aliphatic heterocycles. The minimum atomic E-state index is 0.129. The number of nitrogen functional groups attached to an aromatic ring is 2. The summed E-state index contributed by atoms with van der Waals surface area (Å²) in [6.07, 6.45) is 1.81. The SMILES string of the molecule is [CH2]CCCNc1nc(N)nc(N)n1. The summed E-state index contributed by atoms with van der Waals surface area (Å²) in [7, 11) is 0. The van der Waals surface area contributed by atoms with E-state index in [0.29, 0.717) is 5.95 Å². The van der Waals surface area contributed by atoms with Crippen LogP contribution in [0.4, 0.5) is 17.8 Å². The Morgan fingerprint density at radius 3 is 2.31 bits per heavy atom. The molecule has 0 aromatic carbocycles. The van der Waals surface area contributed by atoms with Gasteiger partial charge < -0.3 is 16.8 Å². The maximum absolute atomic E-state index is 5.37. The Labute approximate surface area is 76.8 Å². The molecule has 5 N–H and O–H groups in total. The fraction of sp³-hybridized carbons (Fsp3) is 0.429. The molecule has 0 bridgehead atoms. The molecule has 0 saturated heterocycles. The maximum atomic E-state index is 5.37. The molecule has 0 spiro atoms. The lowest BCUT2D eigenvalue weighted by atomic mass is 10.3. The van der Waals surface area contributed by atoms with Crippen LogP contribution in [0.5, 0.6) is 0 Å². The van der Waals surface area contributed by atoms with Gasteiger partial charge in [0.1, 0.15) is 0 Å². The molecule has 0 aliphatic rings. The largest absolute Gasteiger partial charge is 0.368 e. The van der Waals surface area contributed by atoms with E-state index < -0.39 is 0 Å². The topological polar surface area (TPSA) is 103 Å². The van der Waals surface area contributed by atoms with Crippen LogP contribution in [-0.4, -0.2) is 21.5 Å². The van der Waals surface area contributed by atoms with Crippen LogP contribution in [0.3, 0.4) is 0 Å². The highest BCUT2D eigenvalue weighted by atomic mass is 15.2. The number of hydrogen-bond donors (Lipinski definition) is 3. The molecule has 71 valence electrons. The Hall–Kier alpha value is -1.59. The second kappa shape index (κ2) is 4.44. The normalized spacial score (nSPS) is 9.92. The van der Waals surface area contributed by atoms with E-state index in [1.54, 1.807) is 0 Å². The molecule has 0 atom stereocenters. The van der Waals surface area contributed by atoms with Gasteiger partial charge in [0.15, 0.2) is 0 Å². The summed E-state index contributed by atoms with van der Waals surface area (Å²) < 4.78 is 0. The van der Waals surface area contributed by atoms with Gasteiger partial charge in [0, 0.05) is 6.54 Å². The van der Waals surface area contributed by atoms with Crippen LogP contribution in [-0.2, 0) is 0 Å². The van der Waals surface area contributed by atoms with Gasteiger partial charge in [-0.05, 0) is 6.42 Å². The van der Waals surface area contributed by atoms with Crippen LogP contribution in [0.1, 0.15) is 12.8 Å². The van der Waals surface area contributed by atoms with Crippen molar-refractivity contribution in [2.24, 2.45) is 0 Å². The standard InChI is InChI=1S/C7H13N6/c1-2-3-4-10-7-12-5(8)11-6(9)13-7/h1-4H2,(H5,8,9,10,11,12,13). The van der Waals surface area contributed by atoms with Crippen LogP contribution in [0.2, 0.25) is 0 Å². The van der Waals surface area contributed by atoms with Crippen molar-refractivity contribution in [3.05, 3.63) is 6.92 Å². The van der Waals surface area contributed by atoms with Crippen molar-refractivity contribution in [1.82, 2.24) is 15.0 Å². The van der Waals surface area contributed by atoms with E-state index >= 15 is 0 Å². The minimum absolute atomic E-state index is 0.129. The van der Waals surface area contributed by atoms with E-state index in [4.69, 9.17) is 11.5 Å². The van der Waals surface area contributed by atoms with Crippen molar-refractivity contribution in [2.45, 2.75) is 12.8 Å². The van der Waals surface area contributed by atoms with Gasteiger partial charge in [-0.15, -0.1) is 0 Å². The second-order valence-electron chi connectivity index (χ2n) is 2.51. The summed E-state index contributed by atoms with van der Waals surface area (Å²) in [5, 5.41) is 2.96. The molecular formula is C7H13N6. The van der Waals surface area contributed by atoms with Crippen molar-refractivity contribution in [1.29, 1.82) is 0 Å². The predicted molar refractivity (Wildman–Crippen MR) is 51.7 cm³/mol. The number of hydrogen-bond acceptors (Lipinski definition) is 6. The molecule has 1 heterocycles. The highest BCUT2D eigenvalue weighted by Crippen LogP contribution is 2.03. The van der Waals surface area contributed by atoms with Crippen LogP contribution in [0.15, 0.2) is 0 Å². The molecule has 1 aromatic rings. The summed E-state index contributed by atoms with van der Waals surface area (Å²) >= 11 is 0. The third-order valence-corrected chi connectivity index (χ3v) is 1.38. The second-order valence-corrected chi connectivity index (χ2v) is 2.51. The summed E-state index contributed by atoms with van der Waals surface area (Å²) in [4.78, 5) is 11.3. The molecule has 0 fully saturated rings. The molecule has 6 heteroatoms. The Balaban J connectivity index is 2.56. The number of unbranched alkanes of at least 4 members (excludes halogenated alkanes) is 1. The number of nitrogens with one attached hydrogen (secondary N) is 1. The van der Waals surface area contributed by atoms with Crippen molar-refractivity contribution >= 4 is 17.8 Å². The molecule has 6 nitrogen and oxygen atoms in total. The summed E-state index contributed by atoms with van der Waals surface area (Å²) in [6, 6.07) is 0. The summed E-state index contributed by atoms with van der Waals surface area (Å²) in [5.74, 6) is 0.674. The average molecular weight is 181 g/mol. The zero-order valence-corrected chi connectivity index (χ0v) is 7.32. The van der Waals surface area contributed by atoms with Gasteiger partial charge in [-0.1, -0.05) is 13.3 Å². The highest BCUT2D eigenvalue weighted by molar-refractivity contribution is 5.36. The Morgan fingerprint density at radius 2 is 1.77 bits per heavy atom. The van der Waals surface area contributed by atoms with Gasteiger partial charge in [0.05, 0.1) is 0 Å². The van der Waals surface area contributed by atoms with Crippen molar-refractivity contribution in [3.63, 3.8) is 0 Å². The zero-order valence-electron chi connectivity index (χ0n) is 7.32. The van der Waals surface area contributed by atoms with Gasteiger partial charge in [-0.3, -0.25) is 0 Å². The first-order chi connectivity index (χ1) is 6.22. The van der Waals surface area contributed by atoms with Gasteiger partial charge in [-0.25, -0.2) is 0 Å². The van der Waals surface area contributed by atoms with E-state index in [0.717, 1.165) is 19.4 Å². The zero-order chi connectivity index (χ0) is 9.68. The monoisotopic (exact) mass is 181 g/mol. The maximum Gasteiger partial charge on any atom is 0.229 e. The number of nitrogens with two attached hydrogens (primary N) is 2. The minimum Gasteiger partial charge on any atom is -0.368 e. The predicted octanol–water partition coefficient (Wildman–Crippen LogP) is 0.0622. The third-order valence-electron chi connectivity index (χ3n) is 1.38. The fourth-order valence-electron chi connectivity index (χ4n) is 0.814. The molecule has 1 radical (unpaired) electrons. The number of rotatable bonds is 4. The van der Waals surface area contributed by atoms with Crippen LogP contribution in [0.25, 0.3) is 0 Å². The summed E-state index contributed by atoms with van der Waals surface area (Å²) in [6.45, 7) is 4.47. The van der Waals surface area contributed by atoms with Crippen LogP contribution >= 0.6 is 0 Å². The van der Waals surface area contributed by atoms with Crippen molar-refractivity contribution in [2.75, 3.05) is 23.3 Å². The summed E-state index contributed by atoms with van der Waals surface area (Å²) in [5.41, 5.74) is 10.7. The van der Waals surface area contributed by atoms with E-state index in [1.807, 2.05) is 0 Å². The van der Waals surface area contributed by atoms with Gasteiger partial charge >= 0.3 is 0 Å². The van der Waals surface area contributed by atoms with Gasteiger partial charge in [0.2, 0.25) is 17.8 Å².